The first kappa shape index (κ1) is 66.4. The van der Waals surface area contributed by atoms with E-state index in [-0.39, 0.29) is 0 Å². The molecule has 394 valence electrons. The van der Waals surface area contributed by atoms with Crippen molar-refractivity contribution in [2.45, 2.75) is 278 Å². The van der Waals surface area contributed by atoms with Gasteiger partial charge in [0.2, 0.25) is 0 Å². The van der Waals surface area contributed by atoms with Crippen LogP contribution in [-0.2, 0) is 0 Å². The standard InChI is InChI=1S/C70H114/c1-17-58(4)32-19-34-60(6)36-21-38-62(8)40-23-42-64(10)44-25-46-66(12)48-27-50-68(14)52-29-54-70(16)56-30-55-69(15)53-28-51-67(13)49-26-47-65(11)45-24-43-63(9)41-22-39-61(7)37-20-35-59(5)33-18-31-57(2)3/h17,31,34-35,38-39,42-43,46-47,50-51,54-55H,18-30,32-33,36-37,40-41,44-45,48-49,52-53,56H2,1-16H3/b58-17+,59-35+,60-34+,61-39+,62-38+,63-43+,64-42+,65-47+,66-46+,67-51+,68-50+,69-55+,70-54+. The summed E-state index contributed by atoms with van der Waals surface area (Å²) in [5.41, 5.74) is 21.3. The van der Waals surface area contributed by atoms with E-state index in [0.717, 1.165) is 57.8 Å². The number of rotatable bonds is 39. The second kappa shape index (κ2) is 44.1. The molecule has 0 aliphatic carbocycles. The van der Waals surface area contributed by atoms with Crippen LogP contribution in [0, 0.1) is 0 Å². The van der Waals surface area contributed by atoms with Crippen LogP contribution in [0.2, 0.25) is 0 Å². The van der Waals surface area contributed by atoms with Gasteiger partial charge >= 0.3 is 0 Å². The third kappa shape index (κ3) is 44.3. The normalized spacial score (nSPS) is 15.2. The Labute approximate surface area is 438 Å². The summed E-state index contributed by atoms with van der Waals surface area (Å²) in [4.78, 5) is 0. The first-order valence-electron chi connectivity index (χ1n) is 28.5. The zero-order valence-electron chi connectivity index (χ0n) is 49.5. The zero-order chi connectivity index (χ0) is 52.4. The van der Waals surface area contributed by atoms with E-state index in [1.165, 1.54) is 187 Å². The van der Waals surface area contributed by atoms with Crippen molar-refractivity contribution in [2.24, 2.45) is 0 Å². The average Bonchev–Trinajstić information content (AvgIpc) is 3.28. The van der Waals surface area contributed by atoms with E-state index in [9.17, 15) is 0 Å². The molecule has 0 heteroatoms. The molecule has 0 saturated heterocycles. The predicted molar refractivity (Wildman–Crippen MR) is 324 cm³/mol. The summed E-state index contributed by atoms with van der Waals surface area (Å²) in [6, 6.07) is 0. The van der Waals surface area contributed by atoms with Crippen LogP contribution in [0.5, 0.6) is 0 Å². The predicted octanol–water partition coefficient (Wildman–Crippen LogP) is 24.4. The molecule has 0 aliphatic heterocycles. The molecule has 0 aromatic carbocycles. The maximum absolute atomic E-state index is 2.48. The molecule has 0 aromatic heterocycles. The molecule has 0 spiro atoms. The van der Waals surface area contributed by atoms with E-state index >= 15 is 0 Å². The van der Waals surface area contributed by atoms with Gasteiger partial charge in [-0.2, -0.15) is 0 Å². The Morgan fingerprint density at radius 1 is 0.171 bits per heavy atom. The van der Waals surface area contributed by atoms with Gasteiger partial charge in [0.25, 0.3) is 0 Å². The van der Waals surface area contributed by atoms with Crippen LogP contribution in [0.3, 0.4) is 0 Å². The topological polar surface area (TPSA) is 0 Å². The Balaban J connectivity index is 4.30. The zero-order valence-corrected chi connectivity index (χ0v) is 49.5. The summed E-state index contributed by atoms with van der Waals surface area (Å²) in [6.07, 6.45) is 64.6. The third-order valence-electron chi connectivity index (χ3n) is 14.0. The first-order valence-corrected chi connectivity index (χ1v) is 28.5. The fourth-order valence-corrected chi connectivity index (χ4v) is 8.51. The van der Waals surface area contributed by atoms with Crippen LogP contribution in [0.1, 0.15) is 278 Å². The Morgan fingerprint density at radius 2 is 0.286 bits per heavy atom. The number of hydrogen-bond donors (Lipinski definition) is 0. The van der Waals surface area contributed by atoms with Gasteiger partial charge in [-0.15, -0.1) is 0 Å². The molecule has 0 atom stereocenters. The summed E-state index contributed by atoms with van der Waals surface area (Å²) < 4.78 is 0. The lowest BCUT2D eigenvalue weighted by Crippen LogP contribution is -1.84. The second-order valence-electron chi connectivity index (χ2n) is 22.0. The Hall–Kier alpha value is -3.64. The van der Waals surface area contributed by atoms with Gasteiger partial charge in [0.05, 0.1) is 0 Å². The molecular formula is C70H114. The van der Waals surface area contributed by atoms with Crippen LogP contribution < -0.4 is 0 Å². The van der Waals surface area contributed by atoms with Crippen molar-refractivity contribution in [3.05, 3.63) is 163 Å². The highest BCUT2D eigenvalue weighted by Crippen LogP contribution is 2.20. The highest BCUT2D eigenvalue weighted by Gasteiger charge is 2.00. The van der Waals surface area contributed by atoms with Gasteiger partial charge < -0.3 is 0 Å². The maximum atomic E-state index is 2.48. The van der Waals surface area contributed by atoms with Gasteiger partial charge in [0.15, 0.2) is 0 Å². The Bertz CT molecular complexity index is 1870. The van der Waals surface area contributed by atoms with Gasteiger partial charge in [-0.3, -0.25) is 0 Å². The van der Waals surface area contributed by atoms with Crippen LogP contribution >= 0.6 is 0 Å². The molecule has 0 aromatic rings. The molecule has 0 unspecified atom stereocenters. The maximum Gasteiger partial charge on any atom is -0.0288 e. The molecule has 0 bridgehead atoms. The minimum atomic E-state index is 1.16. The third-order valence-corrected chi connectivity index (χ3v) is 14.0. The van der Waals surface area contributed by atoms with E-state index in [0.29, 0.717) is 0 Å². The van der Waals surface area contributed by atoms with E-state index in [1.54, 1.807) is 0 Å². The van der Waals surface area contributed by atoms with Crippen LogP contribution in [0.4, 0.5) is 0 Å². The molecule has 70 heavy (non-hydrogen) atoms. The van der Waals surface area contributed by atoms with Crippen molar-refractivity contribution < 1.29 is 0 Å². The summed E-state index contributed by atoms with van der Waals surface area (Å²) in [5, 5.41) is 0. The molecular weight excluding hydrogens is 841 g/mol. The summed E-state index contributed by atoms with van der Waals surface area (Å²) in [7, 11) is 0. The number of hydrogen-bond acceptors (Lipinski definition) is 0. The summed E-state index contributed by atoms with van der Waals surface area (Å²) in [6.45, 7) is 36.4. The molecule has 0 rings (SSSR count). The van der Waals surface area contributed by atoms with Crippen LogP contribution in [0.25, 0.3) is 0 Å². The lowest BCUT2D eigenvalue weighted by atomic mass is 10.0. The van der Waals surface area contributed by atoms with Crippen LogP contribution in [-0.4, -0.2) is 0 Å². The lowest BCUT2D eigenvalue weighted by molar-refractivity contribution is 0.877. The molecule has 0 saturated carbocycles. The molecule has 0 N–H and O–H groups in total. The van der Waals surface area contributed by atoms with Gasteiger partial charge in [-0.05, 0) is 278 Å². The van der Waals surface area contributed by atoms with E-state index < -0.39 is 0 Å². The summed E-state index contributed by atoms with van der Waals surface area (Å²) in [5.74, 6) is 0. The minimum Gasteiger partial charge on any atom is -0.0887 e. The van der Waals surface area contributed by atoms with Crippen molar-refractivity contribution in [1.82, 2.24) is 0 Å². The Morgan fingerprint density at radius 3 is 0.400 bits per heavy atom. The van der Waals surface area contributed by atoms with Crippen molar-refractivity contribution in [3.63, 3.8) is 0 Å². The van der Waals surface area contributed by atoms with Crippen molar-refractivity contribution in [1.29, 1.82) is 0 Å². The number of allylic oxidation sites excluding steroid dienone is 28. The SMILES string of the molecule is C/C=C(\C)CC/C=C(\C)CC/C=C(\C)CC/C=C(\C)CC/C=C(\C)CC/C=C(\C)CC/C=C(\C)CC/C=C(\C)CC/C=C(\C)CC/C=C(\C)CC/C=C(\C)CC/C=C(\C)CC/C=C(\C)CCC=C(C)C. The second-order valence-corrected chi connectivity index (χ2v) is 22.0. The van der Waals surface area contributed by atoms with Gasteiger partial charge in [-0.1, -0.05) is 163 Å². The van der Waals surface area contributed by atoms with Crippen LogP contribution in [0.15, 0.2) is 163 Å². The van der Waals surface area contributed by atoms with E-state index in [4.69, 9.17) is 0 Å². The molecule has 0 nitrogen and oxygen atoms in total. The molecule has 0 fully saturated rings. The highest BCUT2D eigenvalue weighted by molar-refractivity contribution is 5.13. The van der Waals surface area contributed by atoms with Gasteiger partial charge in [0, 0.05) is 0 Å². The average molecular weight is 956 g/mol. The van der Waals surface area contributed by atoms with Gasteiger partial charge in [-0.25, -0.2) is 0 Å². The molecule has 0 heterocycles. The largest absolute Gasteiger partial charge is 0.0887 e. The lowest BCUT2D eigenvalue weighted by Gasteiger charge is -2.04. The van der Waals surface area contributed by atoms with Crippen molar-refractivity contribution in [3.8, 4) is 0 Å². The van der Waals surface area contributed by atoms with E-state index in [2.05, 4.69) is 196 Å². The van der Waals surface area contributed by atoms with Crippen molar-refractivity contribution in [2.75, 3.05) is 0 Å². The quantitative estimate of drug-likeness (QED) is 0.0539. The van der Waals surface area contributed by atoms with E-state index in [1.807, 2.05) is 0 Å². The minimum absolute atomic E-state index is 1.16. The van der Waals surface area contributed by atoms with Crippen molar-refractivity contribution >= 4 is 0 Å². The Kier molecular flexibility index (Phi) is 41.8. The fraction of sp³-hybridized carbons (Fsp3) is 0.600. The summed E-state index contributed by atoms with van der Waals surface area (Å²) >= 11 is 0. The highest BCUT2D eigenvalue weighted by atomic mass is 14.1. The first-order chi connectivity index (χ1) is 33.4. The molecule has 0 radical (unpaired) electrons. The molecule has 0 aliphatic rings. The molecule has 0 amide bonds. The smallest absolute Gasteiger partial charge is 0.0288 e. The monoisotopic (exact) mass is 955 g/mol. The fourth-order valence-electron chi connectivity index (χ4n) is 8.51. The van der Waals surface area contributed by atoms with Gasteiger partial charge in [0.1, 0.15) is 0 Å².